The quantitative estimate of drug-likeness (QED) is 0.251. The molecule has 0 atom stereocenters. The molecule has 0 unspecified atom stereocenters. The number of H-pyrrole nitrogens is 1. The van der Waals surface area contributed by atoms with E-state index in [1.807, 2.05) is 0 Å². The summed E-state index contributed by atoms with van der Waals surface area (Å²) in [6.07, 6.45) is -3.06. The Labute approximate surface area is 186 Å². The highest BCUT2D eigenvalue weighted by molar-refractivity contribution is 5.81. The van der Waals surface area contributed by atoms with Crippen molar-refractivity contribution in [2.24, 2.45) is 0 Å². The first-order valence-corrected chi connectivity index (χ1v) is 9.36. The molecule has 4 aromatic rings. The molecule has 4 rings (SSSR count). The Kier molecular flexibility index (Phi) is 5.59. The molecule has 0 fully saturated rings. The van der Waals surface area contributed by atoms with Crippen LogP contribution < -0.4 is 19.6 Å². The molecular weight excluding hydrogens is 470 g/mol. The molecule has 0 spiro atoms. The molecule has 2 aromatic heterocycles. The summed E-state index contributed by atoms with van der Waals surface area (Å²) in [6.45, 7) is 0. The average Bonchev–Trinajstić information content (AvgIpc) is 2.77. The number of aromatic amines is 1. The standard InChI is InChI=1S/C22H12F6N2O4/c1-33-21-18(3-2-13(23)20(21)25)34-19-7-12(22(26,27)28)14(24)6-10(19)16-8-17(31)11-9-30(32)5-4-15(11)29-16/h2-9H,1H3,(H,29,31). The van der Waals surface area contributed by atoms with E-state index in [1.165, 1.54) is 6.07 Å². The first kappa shape index (κ1) is 23.0. The predicted octanol–water partition coefficient (Wildman–Crippen LogP) is 5.07. The summed E-state index contributed by atoms with van der Waals surface area (Å²) >= 11 is 0. The van der Waals surface area contributed by atoms with Crippen molar-refractivity contribution in [2.75, 3.05) is 7.11 Å². The summed E-state index contributed by atoms with van der Waals surface area (Å²) < 4.78 is 92.7. The molecule has 0 saturated heterocycles. The summed E-state index contributed by atoms with van der Waals surface area (Å²) in [5, 5.41) is 11.4. The Morgan fingerprint density at radius 2 is 1.74 bits per heavy atom. The van der Waals surface area contributed by atoms with Crippen LogP contribution in [0.5, 0.6) is 17.2 Å². The number of benzene rings is 2. The molecule has 176 valence electrons. The third-order valence-corrected chi connectivity index (χ3v) is 4.85. The second kappa shape index (κ2) is 8.28. The third kappa shape index (κ3) is 4.09. The van der Waals surface area contributed by atoms with E-state index in [4.69, 9.17) is 9.47 Å². The van der Waals surface area contributed by atoms with E-state index < -0.39 is 51.9 Å². The van der Waals surface area contributed by atoms with Crippen LogP contribution in [-0.4, -0.2) is 12.1 Å². The number of hydrogen-bond donors (Lipinski definition) is 1. The highest BCUT2D eigenvalue weighted by Crippen LogP contribution is 2.42. The fourth-order valence-corrected chi connectivity index (χ4v) is 3.29. The van der Waals surface area contributed by atoms with Crippen molar-refractivity contribution in [3.8, 4) is 28.5 Å². The molecule has 6 nitrogen and oxygen atoms in total. The van der Waals surface area contributed by atoms with Gasteiger partial charge >= 0.3 is 6.18 Å². The van der Waals surface area contributed by atoms with Crippen molar-refractivity contribution in [3.63, 3.8) is 0 Å². The number of nitrogens with zero attached hydrogens (tertiary/aromatic N) is 1. The van der Waals surface area contributed by atoms with Crippen LogP contribution in [0.3, 0.4) is 0 Å². The Balaban J connectivity index is 1.96. The fourth-order valence-electron chi connectivity index (χ4n) is 3.29. The van der Waals surface area contributed by atoms with Crippen LogP contribution >= 0.6 is 0 Å². The summed E-state index contributed by atoms with van der Waals surface area (Å²) in [6, 6.07) is 4.56. The Hall–Kier alpha value is -4.22. The maximum Gasteiger partial charge on any atom is 0.419 e. The van der Waals surface area contributed by atoms with E-state index in [-0.39, 0.29) is 22.2 Å². The second-order valence-corrected chi connectivity index (χ2v) is 7.00. The largest absolute Gasteiger partial charge is 0.619 e. The first-order chi connectivity index (χ1) is 16.0. The second-order valence-electron chi connectivity index (χ2n) is 7.00. The zero-order valence-corrected chi connectivity index (χ0v) is 17.0. The van der Waals surface area contributed by atoms with Gasteiger partial charge in [-0.1, -0.05) is 0 Å². The number of pyridine rings is 2. The molecule has 0 amide bonds. The number of methoxy groups -OCH3 is 1. The SMILES string of the molecule is COc1c(Oc2cc(C(F)(F)F)c(F)cc2-c2cc(=O)c3c[n+]([O-])ccc3[nH]2)ccc(F)c1F. The number of halogens is 6. The average molecular weight is 482 g/mol. The topological polar surface area (TPSA) is 78.3 Å². The molecule has 0 aliphatic carbocycles. The minimum atomic E-state index is -5.11. The van der Waals surface area contributed by atoms with Crippen molar-refractivity contribution in [3.05, 3.63) is 87.2 Å². The number of nitrogens with one attached hydrogen (secondary N) is 1. The van der Waals surface area contributed by atoms with Crippen LogP contribution in [0.1, 0.15) is 5.56 Å². The summed E-state index contributed by atoms with van der Waals surface area (Å²) in [7, 11) is 0.987. The van der Waals surface area contributed by atoms with Gasteiger partial charge in [-0.25, -0.2) is 8.78 Å². The molecule has 12 heteroatoms. The van der Waals surface area contributed by atoms with E-state index in [9.17, 15) is 36.3 Å². The molecule has 2 heterocycles. The Morgan fingerprint density at radius 3 is 2.41 bits per heavy atom. The van der Waals surface area contributed by atoms with Gasteiger partial charge < -0.3 is 19.7 Å². The highest BCUT2D eigenvalue weighted by atomic mass is 19.4. The molecule has 34 heavy (non-hydrogen) atoms. The number of hydrogen-bond acceptors (Lipinski definition) is 4. The van der Waals surface area contributed by atoms with Crippen LogP contribution in [0.15, 0.2) is 53.6 Å². The van der Waals surface area contributed by atoms with Gasteiger partial charge in [0.15, 0.2) is 29.4 Å². The fraction of sp³-hybridized carbons (Fsp3) is 0.0909. The van der Waals surface area contributed by atoms with Gasteiger partial charge in [-0.2, -0.15) is 22.3 Å². The monoisotopic (exact) mass is 482 g/mol. The van der Waals surface area contributed by atoms with Gasteiger partial charge in [-0.3, -0.25) is 4.79 Å². The van der Waals surface area contributed by atoms with Gasteiger partial charge in [0.1, 0.15) is 17.0 Å². The van der Waals surface area contributed by atoms with E-state index in [0.29, 0.717) is 22.9 Å². The van der Waals surface area contributed by atoms with Crippen molar-refractivity contribution in [1.29, 1.82) is 0 Å². The van der Waals surface area contributed by atoms with E-state index in [2.05, 4.69) is 4.98 Å². The van der Waals surface area contributed by atoms with Crippen molar-refractivity contribution in [2.45, 2.75) is 6.18 Å². The lowest BCUT2D eigenvalue weighted by atomic mass is 10.0. The lowest BCUT2D eigenvalue weighted by molar-refractivity contribution is -0.603. The summed E-state index contributed by atoms with van der Waals surface area (Å²) in [5.74, 6) is -6.30. The minimum absolute atomic E-state index is 0.0293. The molecule has 2 aromatic carbocycles. The lowest BCUT2D eigenvalue weighted by Crippen LogP contribution is -2.25. The van der Waals surface area contributed by atoms with Crippen LogP contribution in [0.2, 0.25) is 0 Å². The lowest BCUT2D eigenvalue weighted by Gasteiger charge is -2.17. The zero-order chi connectivity index (χ0) is 24.8. The van der Waals surface area contributed by atoms with Crippen molar-refractivity contribution in [1.82, 2.24) is 4.98 Å². The van der Waals surface area contributed by atoms with Gasteiger partial charge in [0.05, 0.1) is 23.9 Å². The minimum Gasteiger partial charge on any atom is -0.619 e. The molecular formula is C22H12F6N2O4. The molecule has 0 bridgehead atoms. The number of aromatic nitrogens is 2. The molecule has 0 aliphatic rings. The Morgan fingerprint density at radius 1 is 1.00 bits per heavy atom. The number of ether oxygens (including phenoxy) is 2. The van der Waals surface area contributed by atoms with Crippen LogP contribution in [-0.2, 0) is 6.18 Å². The van der Waals surface area contributed by atoms with E-state index in [0.717, 1.165) is 31.6 Å². The summed E-state index contributed by atoms with van der Waals surface area (Å²) in [5.41, 5.74) is -2.75. The van der Waals surface area contributed by atoms with Crippen molar-refractivity contribution >= 4 is 10.9 Å². The maximum absolute atomic E-state index is 14.4. The maximum atomic E-state index is 14.4. The van der Waals surface area contributed by atoms with E-state index in [1.54, 1.807) is 0 Å². The van der Waals surface area contributed by atoms with E-state index >= 15 is 0 Å². The smallest absolute Gasteiger partial charge is 0.419 e. The first-order valence-electron chi connectivity index (χ1n) is 9.36. The third-order valence-electron chi connectivity index (χ3n) is 4.85. The summed E-state index contributed by atoms with van der Waals surface area (Å²) in [4.78, 5) is 15.2. The van der Waals surface area contributed by atoms with Gasteiger partial charge in [0, 0.05) is 17.7 Å². The molecule has 0 saturated carbocycles. The van der Waals surface area contributed by atoms with Crippen LogP contribution in [0.25, 0.3) is 22.2 Å². The highest BCUT2D eigenvalue weighted by Gasteiger charge is 2.36. The molecule has 0 radical (unpaired) electrons. The zero-order valence-electron chi connectivity index (χ0n) is 17.0. The van der Waals surface area contributed by atoms with Crippen molar-refractivity contribution < 1.29 is 40.5 Å². The van der Waals surface area contributed by atoms with Gasteiger partial charge in [-0.15, -0.1) is 0 Å². The van der Waals surface area contributed by atoms with Gasteiger partial charge in [0.25, 0.3) is 0 Å². The van der Waals surface area contributed by atoms with Gasteiger partial charge in [-0.05, 0) is 24.3 Å². The number of alkyl halides is 3. The van der Waals surface area contributed by atoms with Gasteiger partial charge in [0.2, 0.25) is 11.6 Å². The molecule has 0 aliphatic heterocycles. The predicted molar refractivity (Wildman–Crippen MR) is 107 cm³/mol. The number of rotatable bonds is 4. The van der Waals surface area contributed by atoms with Crippen LogP contribution in [0.4, 0.5) is 26.3 Å². The number of fused-ring (bicyclic) bond motifs is 1. The van der Waals surface area contributed by atoms with Crippen LogP contribution in [0, 0.1) is 22.7 Å². The Bertz CT molecular complexity index is 1480. The normalized spacial score (nSPS) is 11.6. The molecule has 1 N–H and O–H groups in total.